The van der Waals surface area contributed by atoms with Gasteiger partial charge in [-0.05, 0) is 67.6 Å². The van der Waals surface area contributed by atoms with E-state index in [4.69, 9.17) is 28.6 Å². The van der Waals surface area contributed by atoms with Gasteiger partial charge in [-0.1, -0.05) is 36.8 Å². The van der Waals surface area contributed by atoms with Crippen molar-refractivity contribution in [2.45, 2.75) is 26.7 Å². The molecule has 28 heavy (non-hydrogen) atoms. The summed E-state index contributed by atoms with van der Waals surface area (Å²) in [6, 6.07) is 13.0. The van der Waals surface area contributed by atoms with Crippen molar-refractivity contribution in [2.24, 2.45) is 5.92 Å². The van der Waals surface area contributed by atoms with Gasteiger partial charge < -0.3 is 15.0 Å². The number of benzene rings is 2. The van der Waals surface area contributed by atoms with Gasteiger partial charge in [-0.15, -0.1) is 0 Å². The lowest BCUT2D eigenvalue weighted by molar-refractivity contribution is -0.118. The second kappa shape index (κ2) is 9.39. The van der Waals surface area contributed by atoms with Gasteiger partial charge in [-0.3, -0.25) is 4.79 Å². The van der Waals surface area contributed by atoms with Crippen LogP contribution < -0.4 is 10.1 Å². The van der Waals surface area contributed by atoms with Crippen LogP contribution in [0.5, 0.6) is 5.75 Å². The number of piperidine rings is 1. The average Bonchev–Trinajstić information content (AvgIpc) is 2.70. The van der Waals surface area contributed by atoms with Gasteiger partial charge in [0.2, 0.25) is 0 Å². The highest BCUT2D eigenvalue weighted by molar-refractivity contribution is 7.80. The third kappa shape index (κ3) is 5.24. The SMILES string of the molecule is Cc1c(Cl)cccc1NC(=O)COc1ccc(C(=S)N2CCC(C)CC2)cc1. The van der Waals surface area contributed by atoms with E-state index < -0.39 is 0 Å². The monoisotopic (exact) mass is 416 g/mol. The molecule has 0 saturated carbocycles. The molecule has 1 aliphatic heterocycles. The molecule has 1 fully saturated rings. The van der Waals surface area contributed by atoms with Crippen LogP contribution in [0.4, 0.5) is 5.69 Å². The molecule has 148 valence electrons. The molecular formula is C22H25ClN2O2S. The van der Waals surface area contributed by atoms with E-state index in [-0.39, 0.29) is 12.5 Å². The third-order valence-corrected chi connectivity index (χ3v) is 5.99. The number of carbonyl (C=O) groups is 1. The van der Waals surface area contributed by atoms with Gasteiger partial charge >= 0.3 is 0 Å². The number of likely N-dealkylation sites (tertiary alicyclic amines) is 1. The maximum absolute atomic E-state index is 12.2. The lowest BCUT2D eigenvalue weighted by Crippen LogP contribution is -2.37. The zero-order chi connectivity index (χ0) is 20.1. The van der Waals surface area contributed by atoms with Gasteiger partial charge in [0.05, 0.1) is 0 Å². The van der Waals surface area contributed by atoms with Crippen molar-refractivity contribution in [3.05, 3.63) is 58.6 Å². The molecule has 1 aliphatic rings. The lowest BCUT2D eigenvalue weighted by Gasteiger charge is -2.32. The standard InChI is InChI=1S/C22H25ClN2O2S/c1-15-10-12-25(13-11-15)22(28)17-6-8-18(9-7-17)27-14-21(26)24-20-5-3-4-19(23)16(20)2/h3-9,15H,10-14H2,1-2H3,(H,24,26). The summed E-state index contributed by atoms with van der Waals surface area (Å²) in [6.07, 6.45) is 2.37. The first-order valence-corrected chi connectivity index (χ1v) is 10.3. The van der Waals surface area contributed by atoms with Gasteiger partial charge in [-0.2, -0.15) is 0 Å². The molecule has 1 saturated heterocycles. The highest BCUT2D eigenvalue weighted by Crippen LogP contribution is 2.23. The Hall–Kier alpha value is -2.11. The van der Waals surface area contributed by atoms with Gasteiger partial charge in [0.25, 0.3) is 5.91 Å². The van der Waals surface area contributed by atoms with Crippen LogP contribution in [0, 0.1) is 12.8 Å². The van der Waals surface area contributed by atoms with E-state index in [1.807, 2.05) is 37.3 Å². The van der Waals surface area contributed by atoms with Crippen molar-refractivity contribution in [3.63, 3.8) is 0 Å². The zero-order valence-corrected chi connectivity index (χ0v) is 17.8. The summed E-state index contributed by atoms with van der Waals surface area (Å²) < 4.78 is 5.60. The number of rotatable bonds is 5. The van der Waals surface area contributed by atoms with E-state index >= 15 is 0 Å². The van der Waals surface area contributed by atoms with Crippen LogP contribution >= 0.6 is 23.8 Å². The average molecular weight is 417 g/mol. The Morgan fingerprint density at radius 2 is 1.89 bits per heavy atom. The minimum Gasteiger partial charge on any atom is -0.484 e. The molecule has 0 aliphatic carbocycles. The van der Waals surface area contributed by atoms with Crippen LogP contribution in [-0.2, 0) is 4.79 Å². The molecule has 2 aromatic carbocycles. The fraction of sp³-hybridized carbons (Fsp3) is 0.364. The summed E-state index contributed by atoms with van der Waals surface area (Å²) in [7, 11) is 0. The molecule has 1 N–H and O–H groups in total. The highest BCUT2D eigenvalue weighted by atomic mass is 35.5. The van der Waals surface area contributed by atoms with Crippen LogP contribution in [0.2, 0.25) is 5.02 Å². The summed E-state index contributed by atoms with van der Waals surface area (Å²) >= 11 is 11.7. The van der Waals surface area contributed by atoms with E-state index in [0.29, 0.717) is 16.5 Å². The highest BCUT2D eigenvalue weighted by Gasteiger charge is 2.18. The molecule has 4 nitrogen and oxygen atoms in total. The number of nitrogens with one attached hydrogen (secondary N) is 1. The molecule has 0 atom stereocenters. The smallest absolute Gasteiger partial charge is 0.262 e. The minimum absolute atomic E-state index is 0.0697. The van der Waals surface area contributed by atoms with Crippen LogP contribution in [0.1, 0.15) is 30.9 Å². The van der Waals surface area contributed by atoms with Crippen molar-refractivity contribution in [1.82, 2.24) is 4.90 Å². The summed E-state index contributed by atoms with van der Waals surface area (Å²) in [5, 5.41) is 3.44. The predicted octanol–water partition coefficient (Wildman–Crippen LogP) is 5.07. The maximum Gasteiger partial charge on any atom is 0.262 e. The molecule has 0 bridgehead atoms. The molecule has 3 rings (SSSR count). The van der Waals surface area contributed by atoms with Gasteiger partial charge in [0.1, 0.15) is 10.7 Å². The molecule has 6 heteroatoms. The van der Waals surface area contributed by atoms with Crippen molar-refractivity contribution < 1.29 is 9.53 Å². The number of ether oxygens (including phenoxy) is 1. The van der Waals surface area contributed by atoms with Crippen LogP contribution in [0.25, 0.3) is 0 Å². The Bertz CT molecular complexity index is 846. The maximum atomic E-state index is 12.2. The topological polar surface area (TPSA) is 41.6 Å². The summed E-state index contributed by atoms with van der Waals surface area (Å²) in [6.45, 7) is 6.11. The van der Waals surface area contributed by atoms with Gasteiger partial charge in [0, 0.05) is 29.4 Å². The fourth-order valence-corrected chi connectivity index (χ4v) is 3.66. The number of anilines is 1. The van der Waals surface area contributed by atoms with Crippen molar-refractivity contribution >= 4 is 40.4 Å². The van der Waals surface area contributed by atoms with E-state index in [1.54, 1.807) is 12.1 Å². The number of hydrogen-bond donors (Lipinski definition) is 1. The molecule has 0 aromatic heterocycles. The summed E-state index contributed by atoms with van der Waals surface area (Å²) in [5.41, 5.74) is 2.54. The van der Waals surface area contributed by atoms with Gasteiger partial charge in [-0.25, -0.2) is 0 Å². The normalized spacial score (nSPS) is 14.6. The Morgan fingerprint density at radius 3 is 2.57 bits per heavy atom. The number of hydrogen-bond acceptors (Lipinski definition) is 3. The fourth-order valence-electron chi connectivity index (χ4n) is 3.17. The van der Waals surface area contributed by atoms with E-state index in [2.05, 4.69) is 17.1 Å². The van der Waals surface area contributed by atoms with E-state index in [9.17, 15) is 4.79 Å². The lowest BCUT2D eigenvalue weighted by atomic mass is 9.99. The molecule has 0 spiro atoms. The largest absolute Gasteiger partial charge is 0.484 e. The van der Waals surface area contributed by atoms with Crippen molar-refractivity contribution in [1.29, 1.82) is 0 Å². The number of nitrogens with zero attached hydrogens (tertiary/aromatic N) is 1. The number of carbonyl (C=O) groups excluding carboxylic acids is 1. The Kier molecular flexibility index (Phi) is 6.92. The quantitative estimate of drug-likeness (QED) is 0.690. The van der Waals surface area contributed by atoms with Crippen molar-refractivity contribution in [3.8, 4) is 5.75 Å². The second-order valence-corrected chi connectivity index (χ2v) is 8.04. The second-order valence-electron chi connectivity index (χ2n) is 7.25. The summed E-state index contributed by atoms with van der Waals surface area (Å²) in [5.74, 6) is 1.18. The molecular weight excluding hydrogens is 392 g/mol. The molecule has 0 unspecified atom stereocenters. The predicted molar refractivity (Wildman–Crippen MR) is 118 cm³/mol. The van der Waals surface area contributed by atoms with Crippen LogP contribution in [-0.4, -0.2) is 35.5 Å². The molecule has 2 aromatic rings. The first-order valence-electron chi connectivity index (χ1n) is 9.51. The minimum atomic E-state index is -0.229. The van der Waals surface area contributed by atoms with Crippen LogP contribution in [0.15, 0.2) is 42.5 Å². The first-order chi connectivity index (χ1) is 13.4. The third-order valence-electron chi connectivity index (χ3n) is 5.08. The molecule has 0 radical (unpaired) electrons. The Labute approximate surface area is 176 Å². The number of thiocarbonyl (C=S) groups is 1. The Morgan fingerprint density at radius 1 is 1.21 bits per heavy atom. The summed E-state index contributed by atoms with van der Waals surface area (Å²) in [4.78, 5) is 15.3. The Balaban J connectivity index is 1.52. The zero-order valence-electron chi connectivity index (χ0n) is 16.2. The van der Waals surface area contributed by atoms with E-state index in [1.165, 1.54) is 12.8 Å². The van der Waals surface area contributed by atoms with Gasteiger partial charge in [0.15, 0.2) is 6.61 Å². The van der Waals surface area contributed by atoms with E-state index in [0.717, 1.165) is 35.1 Å². The number of amides is 1. The van der Waals surface area contributed by atoms with Crippen molar-refractivity contribution in [2.75, 3.05) is 25.0 Å². The molecule has 1 amide bonds. The number of halogens is 1. The first kappa shape index (κ1) is 20.6. The molecule has 1 heterocycles. The van der Waals surface area contributed by atoms with Crippen LogP contribution in [0.3, 0.4) is 0 Å².